The van der Waals surface area contributed by atoms with Gasteiger partial charge in [-0.25, -0.2) is 0 Å². The fourth-order valence-electron chi connectivity index (χ4n) is 2.49. The van der Waals surface area contributed by atoms with Crippen molar-refractivity contribution in [1.29, 1.82) is 0 Å². The number of aliphatic hydroxyl groups is 1. The van der Waals surface area contributed by atoms with Gasteiger partial charge in [0.15, 0.2) is 0 Å². The lowest BCUT2D eigenvalue weighted by molar-refractivity contribution is -0.120. The van der Waals surface area contributed by atoms with E-state index in [4.69, 9.17) is 0 Å². The monoisotopic (exact) mass is 301 g/mol. The second-order valence-corrected chi connectivity index (χ2v) is 5.51. The number of aryl methyl sites for hydroxylation is 2. The summed E-state index contributed by atoms with van der Waals surface area (Å²) in [5.41, 5.74) is 3.75. The van der Waals surface area contributed by atoms with Crippen LogP contribution in [0, 0.1) is 13.8 Å². The quantitative estimate of drug-likeness (QED) is 0.855. The molecule has 0 aliphatic carbocycles. The van der Waals surface area contributed by atoms with Crippen LogP contribution in [-0.4, -0.2) is 27.3 Å². The molecule has 2 aromatic rings. The Balaban J connectivity index is 1.81. The molecule has 0 fully saturated rings. The molecule has 0 bridgehead atoms. The van der Waals surface area contributed by atoms with Gasteiger partial charge in [0.25, 0.3) is 0 Å². The van der Waals surface area contributed by atoms with Crippen LogP contribution >= 0.6 is 0 Å². The maximum atomic E-state index is 12.0. The van der Waals surface area contributed by atoms with Crippen LogP contribution in [0.15, 0.2) is 30.3 Å². The molecule has 5 heteroatoms. The van der Waals surface area contributed by atoms with Gasteiger partial charge < -0.3 is 10.4 Å². The van der Waals surface area contributed by atoms with Gasteiger partial charge in [-0.3, -0.25) is 9.48 Å². The Hall–Kier alpha value is -2.14. The third kappa shape index (κ3) is 3.95. The first kappa shape index (κ1) is 16.2. The SMILES string of the molecule is Cc1nn(C)c(C)c1CC(=O)NCCC(O)c1ccccc1. The molecule has 0 aliphatic rings. The average Bonchev–Trinajstić information content (AvgIpc) is 2.74. The third-order valence-electron chi connectivity index (χ3n) is 3.92. The minimum atomic E-state index is -0.552. The fraction of sp³-hybridized carbons (Fsp3) is 0.412. The Labute approximate surface area is 131 Å². The molecule has 1 unspecified atom stereocenters. The highest BCUT2D eigenvalue weighted by Crippen LogP contribution is 2.15. The molecular weight excluding hydrogens is 278 g/mol. The van der Waals surface area contributed by atoms with Gasteiger partial charge >= 0.3 is 0 Å². The van der Waals surface area contributed by atoms with Crippen molar-refractivity contribution in [2.45, 2.75) is 32.8 Å². The summed E-state index contributed by atoms with van der Waals surface area (Å²) in [5, 5.41) is 17.2. The van der Waals surface area contributed by atoms with E-state index in [2.05, 4.69) is 10.4 Å². The average molecular weight is 301 g/mol. The first-order valence-electron chi connectivity index (χ1n) is 7.48. The van der Waals surface area contributed by atoms with E-state index in [1.807, 2.05) is 51.2 Å². The van der Waals surface area contributed by atoms with E-state index in [1.54, 1.807) is 4.68 Å². The van der Waals surface area contributed by atoms with Gasteiger partial charge in [-0.15, -0.1) is 0 Å². The summed E-state index contributed by atoms with van der Waals surface area (Å²) in [6.45, 7) is 4.32. The van der Waals surface area contributed by atoms with Crippen LogP contribution in [-0.2, 0) is 18.3 Å². The topological polar surface area (TPSA) is 67.2 Å². The summed E-state index contributed by atoms with van der Waals surface area (Å²) in [6.07, 6.45) is 0.275. The third-order valence-corrected chi connectivity index (χ3v) is 3.92. The predicted molar refractivity (Wildman–Crippen MR) is 85.4 cm³/mol. The molecule has 118 valence electrons. The number of benzene rings is 1. The van der Waals surface area contributed by atoms with Crippen molar-refractivity contribution in [3.63, 3.8) is 0 Å². The van der Waals surface area contributed by atoms with E-state index in [9.17, 15) is 9.90 Å². The molecule has 1 heterocycles. The number of rotatable bonds is 6. The number of amides is 1. The molecule has 1 aromatic carbocycles. The van der Waals surface area contributed by atoms with E-state index in [0.717, 1.165) is 22.5 Å². The highest BCUT2D eigenvalue weighted by atomic mass is 16.3. The van der Waals surface area contributed by atoms with Crippen molar-refractivity contribution >= 4 is 5.91 Å². The Morgan fingerprint density at radius 1 is 1.32 bits per heavy atom. The Morgan fingerprint density at radius 2 is 2.00 bits per heavy atom. The summed E-state index contributed by atoms with van der Waals surface area (Å²) in [5.74, 6) is -0.0422. The van der Waals surface area contributed by atoms with Crippen LogP contribution in [0.3, 0.4) is 0 Å². The van der Waals surface area contributed by atoms with Gasteiger partial charge in [0.05, 0.1) is 18.2 Å². The van der Waals surface area contributed by atoms with Crippen molar-refractivity contribution in [3.8, 4) is 0 Å². The fourth-order valence-corrected chi connectivity index (χ4v) is 2.49. The molecule has 1 aromatic heterocycles. The van der Waals surface area contributed by atoms with Crippen LogP contribution in [0.5, 0.6) is 0 Å². The summed E-state index contributed by atoms with van der Waals surface area (Å²) >= 11 is 0. The highest BCUT2D eigenvalue weighted by molar-refractivity contribution is 5.79. The minimum Gasteiger partial charge on any atom is -0.388 e. The highest BCUT2D eigenvalue weighted by Gasteiger charge is 2.14. The molecule has 1 atom stereocenters. The number of nitrogens with one attached hydrogen (secondary N) is 1. The van der Waals surface area contributed by atoms with E-state index in [-0.39, 0.29) is 5.91 Å². The second kappa shape index (κ2) is 7.22. The number of hydrogen-bond acceptors (Lipinski definition) is 3. The number of carbonyl (C=O) groups excluding carboxylic acids is 1. The molecular formula is C17H23N3O2. The molecule has 0 saturated carbocycles. The Morgan fingerprint density at radius 3 is 2.59 bits per heavy atom. The molecule has 1 amide bonds. The molecule has 2 rings (SSSR count). The van der Waals surface area contributed by atoms with E-state index >= 15 is 0 Å². The molecule has 5 nitrogen and oxygen atoms in total. The first-order chi connectivity index (χ1) is 10.5. The van der Waals surface area contributed by atoms with Gasteiger partial charge in [0.2, 0.25) is 5.91 Å². The number of hydrogen-bond donors (Lipinski definition) is 2. The number of aliphatic hydroxyl groups excluding tert-OH is 1. The predicted octanol–water partition coefficient (Wildman–Crippen LogP) is 1.82. The number of nitrogens with zero attached hydrogens (tertiary/aromatic N) is 2. The van der Waals surface area contributed by atoms with E-state index in [0.29, 0.717) is 19.4 Å². The normalized spacial score (nSPS) is 12.2. The lowest BCUT2D eigenvalue weighted by Crippen LogP contribution is -2.27. The molecule has 0 spiro atoms. The summed E-state index contributed by atoms with van der Waals surface area (Å²) in [7, 11) is 1.87. The van der Waals surface area contributed by atoms with Crippen LogP contribution in [0.1, 0.15) is 35.0 Å². The smallest absolute Gasteiger partial charge is 0.224 e. The van der Waals surface area contributed by atoms with Gasteiger partial charge in [0, 0.05) is 24.8 Å². The molecule has 0 aliphatic heterocycles. The Bertz CT molecular complexity index is 635. The van der Waals surface area contributed by atoms with E-state index < -0.39 is 6.10 Å². The zero-order chi connectivity index (χ0) is 16.1. The van der Waals surface area contributed by atoms with Gasteiger partial charge in [-0.2, -0.15) is 5.10 Å². The zero-order valence-corrected chi connectivity index (χ0v) is 13.3. The van der Waals surface area contributed by atoms with Gasteiger partial charge in [-0.05, 0) is 25.8 Å². The van der Waals surface area contributed by atoms with Crippen molar-refractivity contribution < 1.29 is 9.90 Å². The van der Waals surface area contributed by atoms with Crippen LogP contribution < -0.4 is 5.32 Å². The first-order valence-corrected chi connectivity index (χ1v) is 7.48. The van der Waals surface area contributed by atoms with Crippen LogP contribution in [0.4, 0.5) is 0 Å². The summed E-state index contributed by atoms with van der Waals surface area (Å²) < 4.78 is 1.79. The van der Waals surface area contributed by atoms with Crippen molar-refractivity contribution in [2.75, 3.05) is 6.54 Å². The van der Waals surface area contributed by atoms with Crippen molar-refractivity contribution in [2.24, 2.45) is 7.05 Å². The van der Waals surface area contributed by atoms with Crippen molar-refractivity contribution in [3.05, 3.63) is 52.8 Å². The largest absolute Gasteiger partial charge is 0.388 e. The maximum Gasteiger partial charge on any atom is 0.224 e. The van der Waals surface area contributed by atoms with Crippen LogP contribution in [0.2, 0.25) is 0 Å². The lowest BCUT2D eigenvalue weighted by atomic mass is 10.1. The lowest BCUT2D eigenvalue weighted by Gasteiger charge is -2.11. The second-order valence-electron chi connectivity index (χ2n) is 5.51. The molecule has 0 saturated heterocycles. The minimum absolute atomic E-state index is 0.0422. The summed E-state index contributed by atoms with van der Waals surface area (Å²) in [4.78, 5) is 12.0. The number of carbonyl (C=O) groups is 1. The standard InChI is InChI=1S/C17H23N3O2/c1-12-15(13(2)20(3)19-12)11-17(22)18-10-9-16(21)14-7-5-4-6-8-14/h4-8,16,21H,9-11H2,1-3H3,(H,18,22). The maximum absolute atomic E-state index is 12.0. The molecule has 0 radical (unpaired) electrons. The van der Waals surface area contributed by atoms with Gasteiger partial charge in [0.1, 0.15) is 0 Å². The number of aromatic nitrogens is 2. The van der Waals surface area contributed by atoms with Crippen molar-refractivity contribution in [1.82, 2.24) is 15.1 Å². The Kier molecular flexibility index (Phi) is 5.33. The molecule has 2 N–H and O–H groups in total. The zero-order valence-electron chi connectivity index (χ0n) is 13.3. The molecule has 22 heavy (non-hydrogen) atoms. The summed E-state index contributed by atoms with van der Waals surface area (Å²) in [6, 6.07) is 9.47. The van der Waals surface area contributed by atoms with Gasteiger partial charge in [-0.1, -0.05) is 30.3 Å². The van der Waals surface area contributed by atoms with Crippen LogP contribution in [0.25, 0.3) is 0 Å². The van der Waals surface area contributed by atoms with E-state index in [1.165, 1.54) is 0 Å².